The first-order valence-corrected chi connectivity index (χ1v) is 8.59. The van der Waals surface area contributed by atoms with Gasteiger partial charge in [-0.3, -0.25) is 14.6 Å². The molecule has 0 unspecified atom stereocenters. The summed E-state index contributed by atoms with van der Waals surface area (Å²) < 4.78 is 4.90. The predicted molar refractivity (Wildman–Crippen MR) is 105 cm³/mol. The molecule has 4 aromatic rings. The lowest BCUT2D eigenvalue weighted by atomic mass is 10.1. The fraction of sp³-hybridized carbons (Fsp3) is 0.0476. The number of aryl methyl sites for hydroxylation is 1. The lowest BCUT2D eigenvalue weighted by Gasteiger charge is -2.09. The molecule has 7 heteroatoms. The van der Waals surface area contributed by atoms with E-state index in [1.54, 1.807) is 43.5 Å². The molecule has 0 atom stereocenters. The van der Waals surface area contributed by atoms with Crippen LogP contribution in [-0.4, -0.2) is 22.0 Å². The van der Waals surface area contributed by atoms with Gasteiger partial charge >= 0.3 is 0 Å². The quantitative estimate of drug-likeness (QED) is 0.564. The number of nitrogens with one attached hydrogen (secondary N) is 2. The summed E-state index contributed by atoms with van der Waals surface area (Å²) in [5.41, 5.74) is 2.72. The second-order valence-corrected chi connectivity index (χ2v) is 6.16. The number of anilines is 2. The highest BCUT2D eigenvalue weighted by atomic mass is 16.5. The van der Waals surface area contributed by atoms with Crippen molar-refractivity contribution in [1.29, 1.82) is 0 Å². The molecule has 0 aliphatic rings. The first-order chi connectivity index (χ1) is 13.6. The van der Waals surface area contributed by atoms with Crippen molar-refractivity contribution in [3.8, 4) is 0 Å². The molecule has 2 amide bonds. The van der Waals surface area contributed by atoms with Crippen LogP contribution in [0.5, 0.6) is 0 Å². The normalized spacial score (nSPS) is 10.6. The average molecular weight is 372 g/mol. The number of fused-ring (bicyclic) bond motifs is 1. The van der Waals surface area contributed by atoms with Crippen molar-refractivity contribution in [3.63, 3.8) is 0 Å². The Bertz CT molecular complexity index is 1160. The number of nitrogens with zero attached hydrogens (tertiary/aromatic N) is 2. The van der Waals surface area contributed by atoms with Crippen LogP contribution in [0.4, 0.5) is 11.4 Å². The zero-order chi connectivity index (χ0) is 19.5. The highest BCUT2D eigenvalue weighted by Gasteiger charge is 2.14. The fourth-order valence-electron chi connectivity index (χ4n) is 2.84. The Morgan fingerprint density at radius 1 is 0.857 bits per heavy atom. The van der Waals surface area contributed by atoms with Crippen molar-refractivity contribution < 1.29 is 14.1 Å². The van der Waals surface area contributed by atoms with Crippen LogP contribution >= 0.6 is 0 Å². The van der Waals surface area contributed by atoms with E-state index in [1.807, 2.05) is 24.3 Å². The van der Waals surface area contributed by atoms with Crippen LogP contribution in [0.25, 0.3) is 10.9 Å². The number of benzene rings is 2. The zero-order valence-electron chi connectivity index (χ0n) is 15.0. The molecule has 0 radical (unpaired) electrons. The van der Waals surface area contributed by atoms with Gasteiger partial charge < -0.3 is 15.2 Å². The van der Waals surface area contributed by atoms with Gasteiger partial charge in [0.05, 0.1) is 17.3 Å². The molecule has 0 saturated carbocycles. The summed E-state index contributed by atoms with van der Waals surface area (Å²) in [6.07, 6.45) is 3.03. The molecule has 2 aromatic carbocycles. The Labute approximate surface area is 160 Å². The zero-order valence-corrected chi connectivity index (χ0v) is 15.0. The van der Waals surface area contributed by atoms with Crippen LogP contribution in [0, 0.1) is 6.92 Å². The minimum absolute atomic E-state index is 0.249. The van der Waals surface area contributed by atoms with E-state index in [2.05, 4.69) is 20.8 Å². The molecule has 2 aromatic heterocycles. The Kier molecular flexibility index (Phi) is 4.55. The SMILES string of the molecule is Cc1oncc1C(=O)Nc1ccc(NC(=O)c2cccc3cccnc23)cc1. The van der Waals surface area contributed by atoms with Gasteiger partial charge in [0.2, 0.25) is 0 Å². The number of aromatic nitrogens is 2. The van der Waals surface area contributed by atoms with Gasteiger partial charge in [0.1, 0.15) is 11.3 Å². The minimum Gasteiger partial charge on any atom is -0.361 e. The molecule has 2 N–H and O–H groups in total. The molecule has 0 aliphatic heterocycles. The number of rotatable bonds is 4. The Morgan fingerprint density at radius 2 is 1.50 bits per heavy atom. The van der Waals surface area contributed by atoms with Crippen LogP contribution in [0.15, 0.2) is 71.5 Å². The maximum Gasteiger partial charge on any atom is 0.260 e. The number of carbonyl (C=O) groups excluding carboxylic acids is 2. The monoisotopic (exact) mass is 372 g/mol. The van der Waals surface area contributed by atoms with Gasteiger partial charge in [-0.25, -0.2) is 0 Å². The summed E-state index contributed by atoms with van der Waals surface area (Å²) in [6, 6.07) is 16.1. The van der Waals surface area contributed by atoms with E-state index in [9.17, 15) is 9.59 Å². The molecule has 4 rings (SSSR count). The van der Waals surface area contributed by atoms with Gasteiger partial charge in [-0.05, 0) is 43.3 Å². The Morgan fingerprint density at radius 3 is 2.14 bits per heavy atom. The third-order valence-electron chi connectivity index (χ3n) is 4.27. The smallest absolute Gasteiger partial charge is 0.260 e. The van der Waals surface area contributed by atoms with Gasteiger partial charge in [0.25, 0.3) is 11.8 Å². The van der Waals surface area contributed by atoms with Crippen molar-refractivity contribution in [2.45, 2.75) is 6.92 Å². The summed E-state index contributed by atoms with van der Waals surface area (Å²) in [5.74, 6) is -0.108. The first-order valence-electron chi connectivity index (χ1n) is 8.59. The Balaban J connectivity index is 1.48. The lowest BCUT2D eigenvalue weighted by molar-refractivity contribution is 0.101. The molecule has 0 bridgehead atoms. The standard InChI is InChI=1S/C21H16N4O3/c1-13-18(12-23-28-13)21(27)25-16-9-7-15(8-10-16)24-20(26)17-6-2-4-14-5-3-11-22-19(14)17/h2-12H,1H3,(H,24,26)(H,25,27). The Hall–Kier alpha value is -4.00. The molecule has 0 fully saturated rings. The van der Waals surface area contributed by atoms with Gasteiger partial charge in [-0.15, -0.1) is 0 Å². The van der Waals surface area contributed by atoms with E-state index in [0.717, 1.165) is 5.39 Å². The van der Waals surface area contributed by atoms with E-state index in [4.69, 9.17) is 4.52 Å². The summed E-state index contributed by atoms with van der Waals surface area (Å²) in [7, 11) is 0. The largest absolute Gasteiger partial charge is 0.361 e. The van der Waals surface area contributed by atoms with Gasteiger partial charge in [-0.1, -0.05) is 23.4 Å². The molecule has 138 valence electrons. The fourth-order valence-corrected chi connectivity index (χ4v) is 2.84. The number of pyridine rings is 1. The number of hydrogen-bond donors (Lipinski definition) is 2. The molecular formula is C21H16N4O3. The van der Waals surface area contributed by atoms with Crippen LogP contribution in [0.3, 0.4) is 0 Å². The molecule has 0 saturated heterocycles. The van der Waals surface area contributed by atoms with Crippen molar-refractivity contribution in [2.24, 2.45) is 0 Å². The van der Waals surface area contributed by atoms with E-state index in [-0.39, 0.29) is 11.8 Å². The first kappa shape index (κ1) is 17.4. The minimum atomic E-state index is -0.308. The molecular weight excluding hydrogens is 356 g/mol. The number of para-hydroxylation sites is 1. The van der Waals surface area contributed by atoms with Crippen LogP contribution < -0.4 is 10.6 Å². The summed E-state index contributed by atoms with van der Waals surface area (Å²) in [6.45, 7) is 1.67. The van der Waals surface area contributed by atoms with E-state index >= 15 is 0 Å². The molecule has 0 aliphatic carbocycles. The van der Waals surface area contributed by atoms with Crippen molar-refractivity contribution in [3.05, 3.63) is 83.9 Å². The number of amides is 2. The third-order valence-corrected chi connectivity index (χ3v) is 4.27. The molecule has 7 nitrogen and oxygen atoms in total. The summed E-state index contributed by atoms with van der Waals surface area (Å²) in [4.78, 5) is 29.1. The second kappa shape index (κ2) is 7.32. The maximum atomic E-state index is 12.6. The molecule has 2 heterocycles. The van der Waals surface area contributed by atoms with Crippen molar-refractivity contribution in [1.82, 2.24) is 10.1 Å². The van der Waals surface area contributed by atoms with Crippen molar-refractivity contribution >= 4 is 34.1 Å². The maximum absolute atomic E-state index is 12.6. The topological polar surface area (TPSA) is 97.1 Å². The molecule has 28 heavy (non-hydrogen) atoms. The summed E-state index contributed by atoms with van der Waals surface area (Å²) in [5, 5.41) is 10.1. The van der Waals surface area contributed by atoms with E-state index in [0.29, 0.717) is 33.8 Å². The number of hydrogen-bond acceptors (Lipinski definition) is 5. The van der Waals surface area contributed by atoms with E-state index in [1.165, 1.54) is 6.20 Å². The van der Waals surface area contributed by atoms with Crippen LogP contribution in [0.1, 0.15) is 26.5 Å². The van der Waals surface area contributed by atoms with Crippen LogP contribution in [-0.2, 0) is 0 Å². The van der Waals surface area contributed by atoms with Gasteiger partial charge in [-0.2, -0.15) is 0 Å². The second-order valence-electron chi connectivity index (χ2n) is 6.16. The van der Waals surface area contributed by atoms with Gasteiger partial charge in [0, 0.05) is 23.0 Å². The highest BCUT2D eigenvalue weighted by Crippen LogP contribution is 2.19. The summed E-state index contributed by atoms with van der Waals surface area (Å²) >= 11 is 0. The van der Waals surface area contributed by atoms with Crippen LogP contribution in [0.2, 0.25) is 0 Å². The molecule has 0 spiro atoms. The highest BCUT2D eigenvalue weighted by molar-refractivity contribution is 6.12. The number of carbonyl (C=O) groups is 2. The van der Waals surface area contributed by atoms with Crippen molar-refractivity contribution in [2.75, 3.05) is 10.6 Å². The lowest BCUT2D eigenvalue weighted by Crippen LogP contribution is -2.14. The van der Waals surface area contributed by atoms with E-state index < -0.39 is 0 Å². The average Bonchev–Trinajstić information content (AvgIpc) is 3.15. The third kappa shape index (κ3) is 3.45. The predicted octanol–water partition coefficient (Wildman–Crippen LogP) is 4.04. The van der Waals surface area contributed by atoms with Gasteiger partial charge in [0.15, 0.2) is 0 Å².